The highest BCUT2D eigenvalue weighted by atomic mass is 15.2. The van der Waals surface area contributed by atoms with Crippen LogP contribution in [0.5, 0.6) is 0 Å². The molecule has 2 heterocycles. The lowest BCUT2D eigenvalue weighted by atomic mass is 10.1. The molecule has 1 fully saturated rings. The first-order chi connectivity index (χ1) is 7.20. The number of nitrogens with two attached hydrogens (primary N) is 1. The van der Waals surface area contributed by atoms with Crippen LogP contribution in [0.2, 0.25) is 0 Å². The third kappa shape index (κ3) is 2.06. The Balaban J connectivity index is 2.13. The molecule has 1 aliphatic rings. The summed E-state index contributed by atoms with van der Waals surface area (Å²) in [5.41, 5.74) is 7.48. The lowest BCUT2D eigenvalue weighted by molar-refractivity contribution is 0.568. The third-order valence-electron chi connectivity index (χ3n) is 3.30. The first-order valence-electron chi connectivity index (χ1n) is 5.68. The molecule has 0 aromatic carbocycles. The summed E-state index contributed by atoms with van der Waals surface area (Å²) in [6, 6.07) is 3.98. The van der Waals surface area contributed by atoms with Crippen LogP contribution in [0.3, 0.4) is 0 Å². The molecule has 3 nitrogen and oxygen atoms in total. The van der Waals surface area contributed by atoms with Gasteiger partial charge in [0.25, 0.3) is 0 Å². The van der Waals surface area contributed by atoms with Crippen molar-refractivity contribution in [1.82, 2.24) is 4.98 Å². The fourth-order valence-electron chi connectivity index (χ4n) is 2.11. The van der Waals surface area contributed by atoms with Gasteiger partial charge in [-0.25, -0.2) is 4.98 Å². The number of aryl methyl sites for hydroxylation is 1. The van der Waals surface area contributed by atoms with E-state index in [0.717, 1.165) is 36.2 Å². The maximum Gasteiger partial charge on any atom is 0.128 e. The molecule has 0 radical (unpaired) electrons. The van der Waals surface area contributed by atoms with Crippen molar-refractivity contribution < 1.29 is 0 Å². The molecule has 0 spiro atoms. The van der Waals surface area contributed by atoms with Crippen molar-refractivity contribution in [2.45, 2.75) is 26.7 Å². The molecule has 0 bridgehead atoms. The van der Waals surface area contributed by atoms with E-state index < -0.39 is 0 Å². The smallest absolute Gasteiger partial charge is 0.128 e. The summed E-state index contributed by atoms with van der Waals surface area (Å²) in [5.74, 6) is 1.92. The Hall–Kier alpha value is -1.25. The van der Waals surface area contributed by atoms with E-state index in [2.05, 4.69) is 16.8 Å². The number of hydrogen-bond acceptors (Lipinski definition) is 3. The van der Waals surface area contributed by atoms with Crippen molar-refractivity contribution in [3.05, 3.63) is 17.8 Å². The number of nitrogens with zero attached hydrogens (tertiary/aromatic N) is 2. The molecule has 1 atom stereocenters. The Bertz CT molecular complexity index is 349. The zero-order chi connectivity index (χ0) is 10.8. The molecule has 82 valence electrons. The number of anilines is 2. The Morgan fingerprint density at radius 3 is 2.93 bits per heavy atom. The topological polar surface area (TPSA) is 42.1 Å². The van der Waals surface area contributed by atoms with Gasteiger partial charge in [0.15, 0.2) is 0 Å². The van der Waals surface area contributed by atoms with Gasteiger partial charge >= 0.3 is 0 Å². The van der Waals surface area contributed by atoms with Crippen LogP contribution in [0.15, 0.2) is 12.1 Å². The molecule has 0 aliphatic carbocycles. The molecule has 0 amide bonds. The Labute approximate surface area is 91.3 Å². The van der Waals surface area contributed by atoms with Gasteiger partial charge in [0.05, 0.1) is 11.4 Å². The summed E-state index contributed by atoms with van der Waals surface area (Å²) < 4.78 is 0. The minimum absolute atomic E-state index is 0.782. The van der Waals surface area contributed by atoms with Crippen molar-refractivity contribution in [1.29, 1.82) is 0 Å². The van der Waals surface area contributed by atoms with Crippen LogP contribution >= 0.6 is 0 Å². The summed E-state index contributed by atoms with van der Waals surface area (Å²) in [4.78, 5) is 6.89. The number of aromatic nitrogens is 1. The van der Waals surface area contributed by atoms with Gasteiger partial charge in [-0.2, -0.15) is 0 Å². The predicted molar refractivity (Wildman–Crippen MR) is 64.0 cm³/mol. The quantitative estimate of drug-likeness (QED) is 0.805. The molecule has 15 heavy (non-hydrogen) atoms. The van der Waals surface area contributed by atoms with Gasteiger partial charge in [-0.3, -0.25) is 0 Å². The zero-order valence-corrected chi connectivity index (χ0v) is 9.53. The molecule has 2 N–H and O–H groups in total. The van der Waals surface area contributed by atoms with Crippen molar-refractivity contribution >= 4 is 11.5 Å². The number of pyridine rings is 1. The minimum Gasteiger partial charge on any atom is -0.397 e. The van der Waals surface area contributed by atoms with Crippen LogP contribution in [0, 0.1) is 12.8 Å². The van der Waals surface area contributed by atoms with Crippen LogP contribution in [0.1, 0.15) is 25.5 Å². The standard InChI is InChI=1S/C12H19N3/c1-3-10-6-7-15(8-10)12-5-4-11(13)9(2)14-12/h4-5,10H,3,6-8,13H2,1-2H3. The van der Waals surface area contributed by atoms with Crippen molar-refractivity contribution in [3.8, 4) is 0 Å². The number of nitrogen functional groups attached to an aromatic ring is 1. The largest absolute Gasteiger partial charge is 0.397 e. The molecule has 3 heteroatoms. The van der Waals surface area contributed by atoms with Gasteiger partial charge in [-0.05, 0) is 31.4 Å². The lowest BCUT2D eigenvalue weighted by Gasteiger charge is -2.18. The second kappa shape index (κ2) is 4.09. The van der Waals surface area contributed by atoms with Gasteiger partial charge in [0.1, 0.15) is 5.82 Å². The van der Waals surface area contributed by atoms with Gasteiger partial charge < -0.3 is 10.6 Å². The second-order valence-electron chi connectivity index (χ2n) is 4.35. The minimum atomic E-state index is 0.782. The van der Waals surface area contributed by atoms with Crippen molar-refractivity contribution in [3.63, 3.8) is 0 Å². The van der Waals surface area contributed by atoms with Crippen LogP contribution in [0.4, 0.5) is 11.5 Å². The highest BCUT2D eigenvalue weighted by molar-refractivity contribution is 5.50. The summed E-state index contributed by atoms with van der Waals surface area (Å²) in [5, 5.41) is 0. The fourth-order valence-corrected chi connectivity index (χ4v) is 2.11. The summed E-state index contributed by atoms with van der Waals surface area (Å²) in [6.45, 7) is 6.50. The third-order valence-corrected chi connectivity index (χ3v) is 3.30. The maximum atomic E-state index is 5.76. The summed E-state index contributed by atoms with van der Waals surface area (Å²) >= 11 is 0. The van der Waals surface area contributed by atoms with E-state index in [1.807, 2.05) is 19.1 Å². The summed E-state index contributed by atoms with van der Waals surface area (Å²) in [7, 11) is 0. The molecule has 1 aliphatic heterocycles. The second-order valence-corrected chi connectivity index (χ2v) is 4.35. The van der Waals surface area contributed by atoms with Gasteiger partial charge in [0, 0.05) is 13.1 Å². The van der Waals surface area contributed by atoms with E-state index in [4.69, 9.17) is 5.73 Å². The lowest BCUT2D eigenvalue weighted by Crippen LogP contribution is -2.21. The highest BCUT2D eigenvalue weighted by Crippen LogP contribution is 2.25. The number of rotatable bonds is 2. The van der Waals surface area contributed by atoms with Crippen molar-refractivity contribution in [2.75, 3.05) is 23.7 Å². The molecule has 1 aromatic rings. The Morgan fingerprint density at radius 2 is 2.33 bits per heavy atom. The SMILES string of the molecule is CCC1CCN(c2ccc(N)c(C)n2)C1. The van der Waals surface area contributed by atoms with E-state index in [-0.39, 0.29) is 0 Å². The molecule has 0 saturated carbocycles. The van der Waals surface area contributed by atoms with Gasteiger partial charge in [0.2, 0.25) is 0 Å². The first kappa shape index (κ1) is 10.3. The first-order valence-corrected chi connectivity index (χ1v) is 5.68. The van der Waals surface area contributed by atoms with Crippen LogP contribution in [-0.2, 0) is 0 Å². The monoisotopic (exact) mass is 205 g/mol. The highest BCUT2D eigenvalue weighted by Gasteiger charge is 2.21. The molecule has 2 rings (SSSR count). The maximum absolute atomic E-state index is 5.76. The zero-order valence-electron chi connectivity index (χ0n) is 9.53. The molecular formula is C12H19N3. The van der Waals surface area contributed by atoms with Gasteiger partial charge in [-0.15, -0.1) is 0 Å². The van der Waals surface area contributed by atoms with Crippen LogP contribution < -0.4 is 10.6 Å². The van der Waals surface area contributed by atoms with E-state index >= 15 is 0 Å². The normalized spacial score (nSPS) is 20.9. The van der Waals surface area contributed by atoms with E-state index in [1.165, 1.54) is 12.8 Å². The summed E-state index contributed by atoms with van der Waals surface area (Å²) in [6.07, 6.45) is 2.56. The van der Waals surface area contributed by atoms with Crippen LogP contribution in [-0.4, -0.2) is 18.1 Å². The Morgan fingerprint density at radius 1 is 1.53 bits per heavy atom. The van der Waals surface area contributed by atoms with E-state index in [9.17, 15) is 0 Å². The average molecular weight is 205 g/mol. The average Bonchev–Trinajstić information content (AvgIpc) is 2.70. The van der Waals surface area contributed by atoms with E-state index in [1.54, 1.807) is 0 Å². The molecule has 1 aromatic heterocycles. The molecule has 1 unspecified atom stereocenters. The molecular weight excluding hydrogens is 186 g/mol. The van der Waals surface area contributed by atoms with Crippen molar-refractivity contribution in [2.24, 2.45) is 5.92 Å². The van der Waals surface area contributed by atoms with Gasteiger partial charge in [-0.1, -0.05) is 13.3 Å². The molecule has 1 saturated heterocycles. The van der Waals surface area contributed by atoms with E-state index in [0.29, 0.717) is 0 Å². The predicted octanol–water partition coefficient (Wildman–Crippen LogP) is 2.21. The van der Waals surface area contributed by atoms with Crippen LogP contribution in [0.25, 0.3) is 0 Å². The Kier molecular flexibility index (Phi) is 2.80. The fraction of sp³-hybridized carbons (Fsp3) is 0.583. The number of hydrogen-bond donors (Lipinski definition) is 1.